The zero-order valence-corrected chi connectivity index (χ0v) is 11.2. The first-order valence-corrected chi connectivity index (χ1v) is 7.53. The highest BCUT2D eigenvalue weighted by molar-refractivity contribution is 4.88. The molecule has 2 aliphatic rings. The van der Waals surface area contributed by atoms with Gasteiger partial charge in [0.2, 0.25) is 0 Å². The fourth-order valence-electron chi connectivity index (χ4n) is 3.94. The number of hydrogen-bond acceptors (Lipinski definition) is 2. The fraction of sp³-hybridized carbons (Fsp3) is 1.00. The van der Waals surface area contributed by atoms with Crippen LogP contribution in [0.4, 0.5) is 0 Å². The molecule has 0 spiro atoms. The van der Waals surface area contributed by atoms with E-state index in [0.717, 1.165) is 50.4 Å². The van der Waals surface area contributed by atoms with Gasteiger partial charge in [0.1, 0.15) is 0 Å². The SMILES string of the molecule is CCCC1(O)CCC(C2CCC(O)CC2)CC1. The van der Waals surface area contributed by atoms with Crippen molar-refractivity contribution in [3.63, 3.8) is 0 Å². The van der Waals surface area contributed by atoms with E-state index in [9.17, 15) is 10.2 Å². The Hall–Kier alpha value is -0.0800. The van der Waals surface area contributed by atoms with E-state index in [-0.39, 0.29) is 11.7 Å². The first kappa shape index (κ1) is 13.4. The highest BCUT2D eigenvalue weighted by atomic mass is 16.3. The minimum atomic E-state index is -0.348. The van der Waals surface area contributed by atoms with Crippen molar-refractivity contribution in [1.29, 1.82) is 0 Å². The molecule has 2 aliphatic carbocycles. The van der Waals surface area contributed by atoms with Gasteiger partial charge in [-0.2, -0.15) is 0 Å². The first-order valence-electron chi connectivity index (χ1n) is 7.53. The third-order valence-corrected chi connectivity index (χ3v) is 5.08. The van der Waals surface area contributed by atoms with Gasteiger partial charge >= 0.3 is 0 Å². The molecule has 2 N–H and O–H groups in total. The lowest BCUT2D eigenvalue weighted by molar-refractivity contribution is -0.0304. The van der Waals surface area contributed by atoms with Gasteiger partial charge < -0.3 is 10.2 Å². The molecule has 0 aromatic rings. The Morgan fingerprint density at radius 1 is 0.941 bits per heavy atom. The number of hydrogen-bond donors (Lipinski definition) is 2. The molecule has 100 valence electrons. The second kappa shape index (κ2) is 5.71. The first-order chi connectivity index (χ1) is 8.13. The van der Waals surface area contributed by atoms with Crippen LogP contribution in [0.1, 0.15) is 71.1 Å². The number of rotatable bonds is 3. The van der Waals surface area contributed by atoms with Gasteiger partial charge in [-0.25, -0.2) is 0 Å². The molecule has 0 bridgehead atoms. The van der Waals surface area contributed by atoms with Crippen LogP contribution < -0.4 is 0 Å². The molecule has 0 atom stereocenters. The molecule has 0 heterocycles. The average molecular weight is 240 g/mol. The lowest BCUT2D eigenvalue weighted by Crippen LogP contribution is -2.36. The van der Waals surface area contributed by atoms with E-state index < -0.39 is 0 Å². The molecule has 0 radical (unpaired) electrons. The molecule has 2 nitrogen and oxygen atoms in total. The Bertz CT molecular complexity index is 223. The Balaban J connectivity index is 1.79. The summed E-state index contributed by atoms with van der Waals surface area (Å²) in [4.78, 5) is 0. The molecule has 2 heteroatoms. The second-order valence-corrected chi connectivity index (χ2v) is 6.38. The third-order valence-electron chi connectivity index (χ3n) is 5.08. The van der Waals surface area contributed by atoms with Gasteiger partial charge in [0.05, 0.1) is 11.7 Å². The van der Waals surface area contributed by atoms with E-state index in [1.54, 1.807) is 0 Å². The molecule has 2 fully saturated rings. The van der Waals surface area contributed by atoms with E-state index >= 15 is 0 Å². The Morgan fingerprint density at radius 2 is 1.47 bits per heavy atom. The zero-order valence-electron chi connectivity index (χ0n) is 11.2. The molecule has 0 amide bonds. The van der Waals surface area contributed by atoms with Crippen LogP contribution in [0.2, 0.25) is 0 Å². The quantitative estimate of drug-likeness (QED) is 0.795. The topological polar surface area (TPSA) is 40.5 Å². The molecule has 0 aromatic carbocycles. The summed E-state index contributed by atoms with van der Waals surface area (Å²) < 4.78 is 0. The van der Waals surface area contributed by atoms with E-state index in [1.807, 2.05) is 0 Å². The van der Waals surface area contributed by atoms with Crippen molar-refractivity contribution in [2.45, 2.75) is 82.8 Å². The van der Waals surface area contributed by atoms with Crippen molar-refractivity contribution >= 4 is 0 Å². The van der Waals surface area contributed by atoms with Crippen molar-refractivity contribution in [1.82, 2.24) is 0 Å². The van der Waals surface area contributed by atoms with Crippen molar-refractivity contribution in [3.05, 3.63) is 0 Å². The normalized spacial score (nSPS) is 43.6. The van der Waals surface area contributed by atoms with Crippen molar-refractivity contribution < 1.29 is 10.2 Å². The number of aliphatic hydroxyl groups excluding tert-OH is 1. The summed E-state index contributed by atoms with van der Waals surface area (Å²) in [5.74, 6) is 1.64. The van der Waals surface area contributed by atoms with Gasteiger partial charge in [-0.05, 0) is 69.6 Å². The lowest BCUT2D eigenvalue weighted by Gasteiger charge is -2.40. The van der Waals surface area contributed by atoms with Crippen molar-refractivity contribution in [2.24, 2.45) is 11.8 Å². The highest BCUT2D eigenvalue weighted by Gasteiger charge is 2.36. The summed E-state index contributed by atoms with van der Waals surface area (Å²) in [6, 6.07) is 0. The molecular weight excluding hydrogens is 212 g/mol. The van der Waals surface area contributed by atoms with Gasteiger partial charge in [0.15, 0.2) is 0 Å². The van der Waals surface area contributed by atoms with Gasteiger partial charge in [0.25, 0.3) is 0 Å². The van der Waals surface area contributed by atoms with E-state index in [4.69, 9.17) is 0 Å². The zero-order chi connectivity index (χ0) is 12.3. The lowest BCUT2D eigenvalue weighted by atomic mass is 9.68. The summed E-state index contributed by atoms with van der Waals surface area (Å²) >= 11 is 0. The van der Waals surface area contributed by atoms with Gasteiger partial charge in [-0.15, -0.1) is 0 Å². The predicted octanol–water partition coefficient (Wildman–Crippen LogP) is 3.26. The van der Waals surface area contributed by atoms with E-state index in [2.05, 4.69) is 6.92 Å². The molecule has 2 rings (SSSR count). The van der Waals surface area contributed by atoms with Crippen LogP contribution in [0.5, 0.6) is 0 Å². The van der Waals surface area contributed by atoms with E-state index in [1.165, 1.54) is 25.7 Å². The van der Waals surface area contributed by atoms with Crippen LogP contribution >= 0.6 is 0 Å². The standard InChI is InChI=1S/C15H28O2/c1-2-9-15(17)10-7-13(8-11-15)12-3-5-14(16)6-4-12/h12-14,16-17H,2-11H2,1H3. The number of aliphatic hydroxyl groups is 2. The summed E-state index contributed by atoms with van der Waals surface area (Å²) in [6.45, 7) is 2.16. The van der Waals surface area contributed by atoms with Gasteiger partial charge in [-0.1, -0.05) is 13.3 Å². The summed E-state index contributed by atoms with van der Waals surface area (Å²) in [7, 11) is 0. The molecule has 2 saturated carbocycles. The largest absolute Gasteiger partial charge is 0.393 e. The molecule has 0 saturated heterocycles. The monoisotopic (exact) mass is 240 g/mol. The average Bonchev–Trinajstić information content (AvgIpc) is 2.31. The van der Waals surface area contributed by atoms with E-state index in [0.29, 0.717) is 0 Å². The molecule has 0 unspecified atom stereocenters. The smallest absolute Gasteiger partial charge is 0.0648 e. The van der Waals surface area contributed by atoms with Crippen LogP contribution in [0, 0.1) is 11.8 Å². The molecule has 17 heavy (non-hydrogen) atoms. The minimum absolute atomic E-state index is 0.0353. The van der Waals surface area contributed by atoms with Gasteiger partial charge in [0, 0.05) is 0 Å². The predicted molar refractivity (Wildman–Crippen MR) is 69.8 cm³/mol. The maximum Gasteiger partial charge on any atom is 0.0648 e. The molecule has 0 aromatic heterocycles. The Morgan fingerprint density at radius 3 is 2.00 bits per heavy atom. The molecule has 0 aliphatic heterocycles. The van der Waals surface area contributed by atoms with Gasteiger partial charge in [-0.3, -0.25) is 0 Å². The van der Waals surface area contributed by atoms with Crippen LogP contribution in [-0.4, -0.2) is 21.9 Å². The van der Waals surface area contributed by atoms with Crippen LogP contribution in [0.25, 0.3) is 0 Å². The van der Waals surface area contributed by atoms with Crippen LogP contribution in [-0.2, 0) is 0 Å². The minimum Gasteiger partial charge on any atom is -0.393 e. The fourth-order valence-corrected chi connectivity index (χ4v) is 3.94. The maximum atomic E-state index is 10.4. The maximum absolute atomic E-state index is 10.4. The third kappa shape index (κ3) is 3.45. The van der Waals surface area contributed by atoms with Crippen molar-refractivity contribution in [3.8, 4) is 0 Å². The molecular formula is C15H28O2. The Kier molecular flexibility index (Phi) is 4.48. The summed E-state index contributed by atoms with van der Waals surface area (Å²) in [5.41, 5.74) is -0.348. The summed E-state index contributed by atoms with van der Waals surface area (Å²) in [6.07, 6.45) is 10.9. The second-order valence-electron chi connectivity index (χ2n) is 6.38. The van der Waals surface area contributed by atoms with Crippen LogP contribution in [0.3, 0.4) is 0 Å². The Labute approximate surface area is 105 Å². The van der Waals surface area contributed by atoms with Crippen molar-refractivity contribution in [2.75, 3.05) is 0 Å². The highest BCUT2D eigenvalue weighted by Crippen LogP contribution is 2.42. The summed E-state index contributed by atoms with van der Waals surface area (Å²) in [5, 5.41) is 19.9. The van der Waals surface area contributed by atoms with Crippen LogP contribution in [0.15, 0.2) is 0 Å².